The van der Waals surface area contributed by atoms with E-state index in [0.717, 1.165) is 12.1 Å². The zero-order valence-corrected chi connectivity index (χ0v) is 10.7. The topological polar surface area (TPSA) is 15.3 Å². The molecule has 2 heteroatoms. The van der Waals surface area contributed by atoms with Crippen LogP contribution in [-0.2, 0) is 0 Å². The van der Waals surface area contributed by atoms with Gasteiger partial charge in [-0.15, -0.1) is 0 Å². The lowest BCUT2D eigenvalue weighted by atomic mass is 9.86. The van der Waals surface area contributed by atoms with Crippen LogP contribution in [0.25, 0.3) is 0 Å². The number of hydrogen-bond donors (Lipinski definition) is 1. The van der Waals surface area contributed by atoms with Gasteiger partial charge in [0.25, 0.3) is 0 Å². The highest BCUT2D eigenvalue weighted by Crippen LogP contribution is 2.41. The molecule has 2 rings (SSSR count). The van der Waals surface area contributed by atoms with Crippen LogP contribution < -0.4 is 5.32 Å². The Bertz CT molecular complexity index is 225. The molecular formula is C13H26N2. The summed E-state index contributed by atoms with van der Waals surface area (Å²) in [5.41, 5.74) is 0.474. The minimum atomic E-state index is 0.474. The van der Waals surface area contributed by atoms with Crippen molar-refractivity contribution in [2.75, 3.05) is 13.6 Å². The van der Waals surface area contributed by atoms with E-state index in [1.165, 1.54) is 32.2 Å². The second kappa shape index (κ2) is 4.06. The molecule has 2 aliphatic rings. The molecule has 3 atom stereocenters. The second-order valence-electron chi connectivity index (χ2n) is 6.09. The molecule has 0 bridgehead atoms. The number of nitrogens with zero attached hydrogens (tertiary/aromatic N) is 1. The highest BCUT2D eigenvalue weighted by Gasteiger charge is 2.45. The number of likely N-dealkylation sites (tertiary alicyclic amines) is 1. The Balaban J connectivity index is 2.09. The fourth-order valence-electron chi connectivity index (χ4n) is 3.75. The molecule has 2 nitrogen and oxygen atoms in total. The molecule has 0 radical (unpaired) electrons. The minimum absolute atomic E-state index is 0.474. The van der Waals surface area contributed by atoms with Crippen molar-refractivity contribution >= 4 is 0 Å². The summed E-state index contributed by atoms with van der Waals surface area (Å²) in [5, 5.41) is 3.56. The molecular weight excluding hydrogens is 184 g/mol. The van der Waals surface area contributed by atoms with Gasteiger partial charge in [0.05, 0.1) is 0 Å². The van der Waals surface area contributed by atoms with Gasteiger partial charge in [0.15, 0.2) is 0 Å². The highest BCUT2D eigenvalue weighted by atomic mass is 15.2. The Kier molecular flexibility index (Phi) is 3.09. The average Bonchev–Trinajstić information content (AvgIpc) is 2.69. The predicted molar refractivity (Wildman–Crippen MR) is 65.1 cm³/mol. The molecule has 0 aromatic rings. The molecule has 3 unspecified atom stereocenters. The normalized spacial score (nSPS) is 41.2. The van der Waals surface area contributed by atoms with Gasteiger partial charge >= 0.3 is 0 Å². The molecule has 1 saturated carbocycles. The Morgan fingerprint density at radius 3 is 2.53 bits per heavy atom. The molecule has 2 fully saturated rings. The van der Waals surface area contributed by atoms with Gasteiger partial charge in [-0.3, -0.25) is 4.90 Å². The third-order valence-electron chi connectivity index (χ3n) is 4.65. The number of likely N-dealkylation sites (N-methyl/N-ethyl adjacent to an activating group) is 1. The van der Waals surface area contributed by atoms with E-state index in [1.54, 1.807) is 0 Å². The summed E-state index contributed by atoms with van der Waals surface area (Å²) in [5.74, 6) is 0. The van der Waals surface area contributed by atoms with E-state index in [1.807, 2.05) is 0 Å². The third-order valence-corrected chi connectivity index (χ3v) is 4.65. The molecule has 1 saturated heterocycles. The quantitative estimate of drug-likeness (QED) is 0.752. The van der Waals surface area contributed by atoms with E-state index in [4.69, 9.17) is 0 Å². The fraction of sp³-hybridized carbons (Fsp3) is 1.00. The summed E-state index contributed by atoms with van der Waals surface area (Å²) in [6, 6.07) is 2.26. The second-order valence-corrected chi connectivity index (χ2v) is 6.09. The largest absolute Gasteiger partial charge is 0.315 e. The molecule has 1 N–H and O–H groups in total. The van der Waals surface area contributed by atoms with Crippen LogP contribution in [0.5, 0.6) is 0 Å². The molecule has 0 aromatic heterocycles. The van der Waals surface area contributed by atoms with Crippen LogP contribution in [-0.4, -0.2) is 36.6 Å². The number of rotatable bonds is 2. The van der Waals surface area contributed by atoms with Crippen molar-refractivity contribution in [1.29, 1.82) is 0 Å². The first-order valence-corrected chi connectivity index (χ1v) is 6.49. The van der Waals surface area contributed by atoms with Crippen molar-refractivity contribution in [3.8, 4) is 0 Å². The van der Waals surface area contributed by atoms with E-state index in [0.29, 0.717) is 11.5 Å². The highest BCUT2D eigenvalue weighted by molar-refractivity contribution is 5.02. The molecule has 0 spiro atoms. The Hall–Kier alpha value is -0.0800. The molecule has 1 aliphatic heterocycles. The van der Waals surface area contributed by atoms with Crippen LogP contribution in [0.3, 0.4) is 0 Å². The molecule has 88 valence electrons. The molecule has 0 amide bonds. The van der Waals surface area contributed by atoms with Crippen molar-refractivity contribution in [1.82, 2.24) is 10.2 Å². The van der Waals surface area contributed by atoms with Gasteiger partial charge in [-0.05, 0) is 51.6 Å². The van der Waals surface area contributed by atoms with E-state index in [-0.39, 0.29) is 0 Å². The molecule has 1 heterocycles. The van der Waals surface area contributed by atoms with Crippen molar-refractivity contribution in [2.45, 2.75) is 64.6 Å². The fourth-order valence-corrected chi connectivity index (χ4v) is 3.75. The summed E-state index contributed by atoms with van der Waals surface area (Å²) >= 11 is 0. The van der Waals surface area contributed by atoms with Crippen LogP contribution >= 0.6 is 0 Å². The van der Waals surface area contributed by atoms with Gasteiger partial charge in [0, 0.05) is 18.1 Å². The maximum absolute atomic E-state index is 3.56. The van der Waals surface area contributed by atoms with Gasteiger partial charge in [0.1, 0.15) is 0 Å². The maximum Gasteiger partial charge on any atom is 0.0271 e. The maximum atomic E-state index is 3.56. The van der Waals surface area contributed by atoms with Crippen LogP contribution in [0.2, 0.25) is 0 Å². The van der Waals surface area contributed by atoms with Gasteiger partial charge in [-0.25, -0.2) is 0 Å². The van der Waals surface area contributed by atoms with E-state index in [2.05, 4.69) is 38.0 Å². The Morgan fingerprint density at radius 2 is 2.00 bits per heavy atom. The Morgan fingerprint density at radius 1 is 1.27 bits per heavy atom. The van der Waals surface area contributed by atoms with Gasteiger partial charge < -0.3 is 5.32 Å². The molecule has 15 heavy (non-hydrogen) atoms. The monoisotopic (exact) mass is 210 g/mol. The first kappa shape index (κ1) is 11.4. The van der Waals surface area contributed by atoms with E-state index < -0.39 is 0 Å². The van der Waals surface area contributed by atoms with Crippen LogP contribution in [0.4, 0.5) is 0 Å². The van der Waals surface area contributed by atoms with Crippen molar-refractivity contribution in [3.63, 3.8) is 0 Å². The van der Waals surface area contributed by atoms with Crippen molar-refractivity contribution < 1.29 is 0 Å². The number of hydrogen-bond acceptors (Lipinski definition) is 2. The van der Waals surface area contributed by atoms with E-state index in [9.17, 15) is 0 Å². The summed E-state index contributed by atoms with van der Waals surface area (Å²) in [6.45, 7) is 8.54. The third kappa shape index (κ3) is 1.94. The standard InChI is InChI=1S/C13H26N2/c1-10-6-5-9-15(10)11-7-8-13(2,3)12(11)14-4/h10-12,14H,5-9H2,1-4H3. The summed E-state index contributed by atoms with van der Waals surface area (Å²) < 4.78 is 0. The van der Waals surface area contributed by atoms with Gasteiger partial charge in [-0.2, -0.15) is 0 Å². The lowest BCUT2D eigenvalue weighted by Crippen LogP contribution is -2.51. The average molecular weight is 210 g/mol. The minimum Gasteiger partial charge on any atom is -0.315 e. The van der Waals surface area contributed by atoms with Crippen molar-refractivity contribution in [3.05, 3.63) is 0 Å². The van der Waals surface area contributed by atoms with E-state index >= 15 is 0 Å². The van der Waals surface area contributed by atoms with Crippen LogP contribution in [0, 0.1) is 5.41 Å². The lowest BCUT2D eigenvalue weighted by Gasteiger charge is -2.37. The summed E-state index contributed by atoms with van der Waals surface area (Å²) in [4.78, 5) is 2.75. The first-order valence-electron chi connectivity index (χ1n) is 6.49. The smallest absolute Gasteiger partial charge is 0.0271 e. The summed E-state index contributed by atoms with van der Waals surface area (Å²) in [6.07, 6.45) is 5.54. The zero-order chi connectivity index (χ0) is 11.1. The number of nitrogens with one attached hydrogen (secondary N) is 1. The molecule has 1 aliphatic carbocycles. The zero-order valence-electron chi connectivity index (χ0n) is 10.7. The lowest BCUT2D eigenvalue weighted by molar-refractivity contribution is 0.143. The van der Waals surface area contributed by atoms with Crippen LogP contribution in [0.15, 0.2) is 0 Å². The van der Waals surface area contributed by atoms with Crippen LogP contribution in [0.1, 0.15) is 46.5 Å². The SMILES string of the molecule is CNC1C(N2CCCC2C)CCC1(C)C. The Labute approximate surface area is 94.4 Å². The van der Waals surface area contributed by atoms with Gasteiger partial charge in [0.2, 0.25) is 0 Å². The van der Waals surface area contributed by atoms with Crippen molar-refractivity contribution in [2.24, 2.45) is 5.41 Å². The summed E-state index contributed by atoms with van der Waals surface area (Å²) in [7, 11) is 2.13. The first-order chi connectivity index (χ1) is 7.06. The van der Waals surface area contributed by atoms with Gasteiger partial charge in [-0.1, -0.05) is 13.8 Å². The molecule has 0 aromatic carbocycles. The predicted octanol–water partition coefficient (Wildman–Crippen LogP) is 2.25.